The molecule has 0 aliphatic carbocycles. The van der Waals surface area contributed by atoms with Crippen LogP contribution in [0.15, 0.2) is 64.8 Å². The van der Waals surface area contributed by atoms with Gasteiger partial charge in [0.05, 0.1) is 0 Å². The number of fused-ring (bicyclic) bond motifs is 2. The number of benzene rings is 2. The van der Waals surface area contributed by atoms with Crippen LogP contribution in [0.5, 0.6) is 0 Å². The van der Waals surface area contributed by atoms with Crippen molar-refractivity contribution in [3.8, 4) is 0 Å². The fraction of sp³-hybridized carbons (Fsp3) is 0.0625. The van der Waals surface area contributed by atoms with Gasteiger partial charge >= 0.3 is 0 Å². The second-order valence-corrected chi connectivity index (χ2v) is 5.91. The largest absolute Gasteiger partial charge is 0.253 e. The molecule has 0 amide bonds. The molecule has 0 aliphatic heterocycles. The minimum absolute atomic E-state index is 0.637. The topological polar surface area (TPSA) is 43.1 Å². The van der Waals surface area contributed by atoms with Gasteiger partial charge in [-0.15, -0.1) is 0 Å². The highest BCUT2D eigenvalue weighted by atomic mass is 32.2. The predicted molar refractivity (Wildman–Crippen MR) is 83.6 cm³/mol. The highest BCUT2D eigenvalue weighted by Gasteiger charge is 2.07. The Morgan fingerprint density at radius 2 is 1.86 bits per heavy atom. The van der Waals surface area contributed by atoms with Crippen molar-refractivity contribution in [3.05, 3.63) is 60.6 Å². The molecule has 0 fully saturated rings. The molecule has 0 unspecified atom stereocenters. The van der Waals surface area contributed by atoms with E-state index in [4.69, 9.17) is 0 Å². The first-order chi connectivity index (χ1) is 10.3. The van der Waals surface area contributed by atoms with Crippen molar-refractivity contribution in [2.75, 3.05) is 0 Å². The lowest BCUT2D eigenvalue weighted by Crippen LogP contribution is -1.97. The standard InChI is InChI=1S/C16H12N4S/c1-11-8-15(20-16(19-11)17-10-18-20)21-14-7-6-12-4-2-3-5-13(12)9-14/h2-10H,1H3. The summed E-state index contributed by atoms with van der Waals surface area (Å²) in [6, 6.07) is 16.9. The second kappa shape index (κ2) is 4.86. The summed E-state index contributed by atoms with van der Waals surface area (Å²) < 4.78 is 1.77. The molecular formula is C16H12N4S. The lowest BCUT2D eigenvalue weighted by molar-refractivity contribution is 0.833. The van der Waals surface area contributed by atoms with Crippen LogP contribution in [0.4, 0.5) is 0 Å². The second-order valence-electron chi connectivity index (χ2n) is 4.82. The van der Waals surface area contributed by atoms with Gasteiger partial charge in [0.15, 0.2) is 0 Å². The van der Waals surface area contributed by atoms with E-state index in [2.05, 4.69) is 57.5 Å². The summed E-state index contributed by atoms with van der Waals surface area (Å²) in [6.07, 6.45) is 1.53. The Kier molecular flexibility index (Phi) is 2.86. The molecule has 0 saturated heterocycles. The zero-order valence-electron chi connectivity index (χ0n) is 11.4. The van der Waals surface area contributed by atoms with Crippen LogP contribution in [0.25, 0.3) is 16.6 Å². The predicted octanol–water partition coefficient (Wildman–Crippen LogP) is 3.74. The maximum absolute atomic E-state index is 4.36. The Balaban J connectivity index is 1.80. The van der Waals surface area contributed by atoms with Crippen LogP contribution in [0.3, 0.4) is 0 Å². The molecule has 5 heteroatoms. The zero-order valence-corrected chi connectivity index (χ0v) is 12.2. The third kappa shape index (κ3) is 2.25. The Morgan fingerprint density at radius 1 is 1.00 bits per heavy atom. The Hall–Kier alpha value is -2.40. The Labute approximate surface area is 125 Å². The van der Waals surface area contributed by atoms with Crippen molar-refractivity contribution in [1.82, 2.24) is 19.6 Å². The third-order valence-corrected chi connectivity index (χ3v) is 4.28. The molecular weight excluding hydrogens is 280 g/mol. The van der Waals surface area contributed by atoms with E-state index in [0.29, 0.717) is 5.78 Å². The van der Waals surface area contributed by atoms with Crippen LogP contribution in [-0.4, -0.2) is 19.6 Å². The van der Waals surface area contributed by atoms with Gasteiger partial charge in [0, 0.05) is 10.6 Å². The molecule has 0 saturated carbocycles. The van der Waals surface area contributed by atoms with Crippen molar-refractivity contribution in [1.29, 1.82) is 0 Å². The van der Waals surface area contributed by atoms with Crippen molar-refractivity contribution < 1.29 is 0 Å². The fourth-order valence-electron chi connectivity index (χ4n) is 2.32. The number of aromatic nitrogens is 4. The van der Waals surface area contributed by atoms with Crippen LogP contribution in [-0.2, 0) is 0 Å². The monoisotopic (exact) mass is 292 g/mol. The van der Waals surface area contributed by atoms with Crippen molar-refractivity contribution in [3.63, 3.8) is 0 Å². The smallest absolute Gasteiger partial charge is 0.216 e. The molecule has 2 heterocycles. The first-order valence-electron chi connectivity index (χ1n) is 6.64. The number of hydrogen-bond donors (Lipinski definition) is 0. The number of nitrogens with zero attached hydrogens (tertiary/aromatic N) is 4. The summed E-state index contributed by atoms with van der Waals surface area (Å²) in [7, 11) is 0. The van der Waals surface area contributed by atoms with Crippen molar-refractivity contribution >= 4 is 28.3 Å². The van der Waals surface area contributed by atoms with E-state index < -0.39 is 0 Å². The van der Waals surface area contributed by atoms with E-state index in [1.807, 2.05) is 13.0 Å². The minimum Gasteiger partial charge on any atom is -0.216 e. The Morgan fingerprint density at radius 3 is 2.76 bits per heavy atom. The average molecular weight is 292 g/mol. The minimum atomic E-state index is 0.637. The van der Waals surface area contributed by atoms with Gasteiger partial charge in [0.2, 0.25) is 0 Å². The maximum Gasteiger partial charge on any atom is 0.253 e. The summed E-state index contributed by atoms with van der Waals surface area (Å²) in [6.45, 7) is 1.97. The van der Waals surface area contributed by atoms with Gasteiger partial charge in [-0.2, -0.15) is 14.6 Å². The quantitative estimate of drug-likeness (QED) is 0.528. The van der Waals surface area contributed by atoms with Crippen molar-refractivity contribution in [2.45, 2.75) is 16.8 Å². The summed E-state index contributed by atoms with van der Waals surface area (Å²) in [5, 5.41) is 7.75. The molecule has 0 radical (unpaired) electrons. The number of aryl methyl sites for hydroxylation is 1. The molecule has 21 heavy (non-hydrogen) atoms. The SMILES string of the molecule is Cc1cc(Sc2ccc3ccccc3c2)n2ncnc2n1. The van der Waals surface area contributed by atoms with Gasteiger partial charge in [-0.05, 0) is 35.9 Å². The van der Waals surface area contributed by atoms with E-state index in [1.54, 1.807) is 16.3 Å². The van der Waals surface area contributed by atoms with E-state index in [-0.39, 0.29) is 0 Å². The molecule has 4 aromatic rings. The van der Waals surface area contributed by atoms with Gasteiger partial charge in [0.1, 0.15) is 11.4 Å². The molecule has 4 nitrogen and oxygen atoms in total. The van der Waals surface area contributed by atoms with E-state index >= 15 is 0 Å². The lowest BCUT2D eigenvalue weighted by atomic mass is 10.1. The normalized spacial score (nSPS) is 11.3. The average Bonchev–Trinajstić information content (AvgIpc) is 2.95. The Bertz CT molecular complexity index is 945. The van der Waals surface area contributed by atoms with E-state index in [1.165, 1.54) is 22.0 Å². The molecule has 4 rings (SSSR count). The van der Waals surface area contributed by atoms with Gasteiger partial charge in [-0.3, -0.25) is 0 Å². The molecule has 0 aliphatic rings. The van der Waals surface area contributed by atoms with Gasteiger partial charge in [-0.1, -0.05) is 42.1 Å². The van der Waals surface area contributed by atoms with E-state index in [0.717, 1.165) is 10.7 Å². The van der Waals surface area contributed by atoms with Crippen LogP contribution >= 0.6 is 11.8 Å². The third-order valence-electron chi connectivity index (χ3n) is 3.29. The first-order valence-corrected chi connectivity index (χ1v) is 7.45. The summed E-state index contributed by atoms with van der Waals surface area (Å²) >= 11 is 1.67. The fourth-order valence-corrected chi connectivity index (χ4v) is 3.33. The molecule has 0 atom stereocenters. The molecule has 2 aromatic heterocycles. The highest BCUT2D eigenvalue weighted by Crippen LogP contribution is 2.30. The number of rotatable bonds is 2. The van der Waals surface area contributed by atoms with Crippen molar-refractivity contribution in [2.24, 2.45) is 0 Å². The van der Waals surface area contributed by atoms with Crippen LogP contribution < -0.4 is 0 Å². The van der Waals surface area contributed by atoms with E-state index in [9.17, 15) is 0 Å². The van der Waals surface area contributed by atoms with Crippen LogP contribution in [0, 0.1) is 6.92 Å². The lowest BCUT2D eigenvalue weighted by Gasteiger charge is -2.06. The van der Waals surface area contributed by atoms with Crippen LogP contribution in [0.1, 0.15) is 5.69 Å². The van der Waals surface area contributed by atoms with Gasteiger partial charge in [-0.25, -0.2) is 4.98 Å². The molecule has 0 bridgehead atoms. The number of hydrogen-bond acceptors (Lipinski definition) is 4. The molecule has 102 valence electrons. The first kappa shape index (κ1) is 12.3. The maximum atomic E-state index is 4.36. The highest BCUT2D eigenvalue weighted by molar-refractivity contribution is 7.99. The van der Waals surface area contributed by atoms with Gasteiger partial charge in [0.25, 0.3) is 5.78 Å². The molecule has 2 aromatic carbocycles. The molecule has 0 spiro atoms. The summed E-state index contributed by atoms with van der Waals surface area (Å²) in [5.41, 5.74) is 0.943. The van der Waals surface area contributed by atoms with Gasteiger partial charge < -0.3 is 0 Å². The summed E-state index contributed by atoms with van der Waals surface area (Å²) in [5.74, 6) is 0.637. The van der Waals surface area contributed by atoms with Crippen LogP contribution in [0.2, 0.25) is 0 Å². The zero-order chi connectivity index (χ0) is 14.2. The summed E-state index contributed by atoms with van der Waals surface area (Å²) in [4.78, 5) is 9.70. The molecule has 0 N–H and O–H groups in total.